The Morgan fingerprint density at radius 1 is 1.17 bits per heavy atom. The van der Waals surface area contributed by atoms with Crippen molar-refractivity contribution in [2.24, 2.45) is 0 Å². The normalized spacial score (nSPS) is 26.5. The fourth-order valence-corrected chi connectivity index (χ4v) is 5.43. The standard InChI is InChI=1S/C10H16N5O12P3/c11-9-8-10(13-3-12-9)15(4-14-8)7-1-5(16)6(25-7)2-24-29(20,21)27-30(22,23)26-28(17,18)19/h3-7,16H,1-2H2,(H,20,21)(H,22,23)(H2,11,12,13)(H2,17,18,19)/p-4/t5-,6+,7+/m0/s1. The molecule has 0 saturated carbocycles. The Kier molecular flexibility index (Phi) is 6.47. The first-order valence-corrected chi connectivity index (χ1v) is 12.1. The highest BCUT2D eigenvalue weighted by atomic mass is 31.3. The molecular formula is C10H12N5O12P3-4. The Morgan fingerprint density at radius 3 is 2.53 bits per heavy atom. The Hall–Kier alpha value is -1.32. The van der Waals surface area contributed by atoms with Crippen LogP contribution in [0.1, 0.15) is 12.6 Å². The molecule has 2 aromatic heterocycles. The van der Waals surface area contributed by atoms with Gasteiger partial charge in [0.1, 0.15) is 24.2 Å². The van der Waals surface area contributed by atoms with E-state index in [9.17, 15) is 38.4 Å². The van der Waals surface area contributed by atoms with Crippen LogP contribution in [0.2, 0.25) is 0 Å². The van der Waals surface area contributed by atoms with E-state index >= 15 is 0 Å². The van der Waals surface area contributed by atoms with Crippen LogP contribution < -0.4 is 25.3 Å². The third-order valence-electron chi connectivity index (χ3n) is 3.70. The minimum atomic E-state index is -6.09. The van der Waals surface area contributed by atoms with Crippen molar-refractivity contribution in [3.8, 4) is 0 Å². The van der Waals surface area contributed by atoms with Gasteiger partial charge < -0.3 is 44.2 Å². The molecule has 1 aliphatic heterocycles. The van der Waals surface area contributed by atoms with Crippen molar-refractivity contribution in [2.75, 3.05) is 12.3 Å². The van der Waals surface area contributed by atoms with Gasteiger partial charge in [0.25, 0.3) is 15.6 Å². The molecule has 2 unspecified atom stereocenters. The van der Waals surface area contributed by atoms with Crippen molar-refractivity contribution in [1.29, 1.82) is 0 Å². The molecule has 3 rings (SSSR count). The second-order valence-corrected chi connectivity index (χ2v) is 10.1. The summed E-state index contributed by atoms with van der Waals surface area (Å²) in [5.74, 6) is 0.103. The summed E-state index contributed by atoms with van der Waals surface area (Å²) in [6.45, 7) is -0.908. The zero-order valence-electron chi connectivity index (χ0n) is 14.4. The van der Waals surface area contributed by atoms with E-state index < -0.39 is 48.5 Å². The summed E-state index contributed by atoms with van der Waals surface area (Å²) >= 11 is 0. The predicted molar refractivity (Wildman–Crippen MR) is 85.2 cm³/mol. The van der Waals surface area contributed by atoms with Gasteiger partial charge in [-0.15, -0.1) is 0 Å². The molecule has 1 aliphatic rings. The van der Waals surface area contributed by atoms with Crippen molar-refractivity contribution < 1.29 is 56.3 Å². The van der Waals surface area contributed by atoms with E-state index in [2.05, 4.69) is 28.1 Å². The first-order valence-electron chi connectivity index (χ1n) is 7.74. The minimum Gasteiger partial charge on any atom is -0.790 e. The topological polar surface area (TPSA) is 270 Å². The van der Waals surface area contributed by atoms with Crippen LogP contribution in [0, 0.1) is 0 Å². The first-order chi connectivity index (χ1) is 13.8. The summed E-state index contributed by atoms with van der Waals surface area (Å²) in [5.41, 5.74) is 6.23. The van der Waals surface area contributed by atoms with Gasteiger partial charge in [0, 0.05) is 6.42 Å². The number of aliphatic hydroxyl groups is 1. The van der Waals surface area contributed by atoms with Gasteiger partial charge in [-0.2, -0.15) is 0 Å². The Labute approximate surface area is 166 Å². The number of hydrogen-bond acceptors (Lipinski definition) is 16. The number of anilines is 1. The predicted octanol–water partition coefficient (Wildman–Crippen LogP) is -3.13. The van der Waals surface area contributed by atoms with Gasteiger partial charge >= 0.3 is 0 Å². The monoisotopic (exact) mass is 487 g/mol. The van der Waals surface area contributed by atoms with Gasteiger partial charge in [0.15, 0.2) is 11.5 Å². The molecule has 17 nitrogen and oxygen atoms in total. The number of rotatable bonds is 8. The number of aromatic nitrogens is 4. The Morgan fingerprint density at radius 2 is 1.87 bits per heavy atom. The van der Waals surface area contributed by atoms with Crippen LogP contribution in [0.3, 0.4) is 0 Å². The van der Waals surface area contributed by atoms with Crippen LogP contribution in [0.15, 0.2) is 12.7 Å². The van der Waals surface area contributed by atoms with Gasteiger partial charge in [0.2, 0.25) is 0 Å². The summed E-state index contributed by atoms with van der Waals surface area (Å²) < 4.78 is 50.7. The largest absolute Gasteiger partial charge is 0.790 e. The second kappa shape index (κ2) is 8.31. The van der Waals surface area contributed by atoms with Crippen molar-refractivity contribution in [3.63, 3.8) is 0 Å². The number of nitrogen functional groups attached to an aromatic ring is 1. The van der Waals surface area contributed by atoms with E-state index in [1.165, 1.54) is 17.2 Å². The number of imidazole rings is 1. The van der Waals surface area contributed by atoms with E-state index in [1.807, 2.05) is 0 Å². The van der Waals surface area contributed by atoms with Crippen molar-refractivity contribution in [3.05, 3.63) is 12.7 Å². The van der Waals surface area contributed by atoms with E-state index in [1.54, 1.807) is 0 Å². The molecule has 0 spiro atoms. The maximum absolute atomic E-state index is 11.6. The third kappa shape index (κ3) is 5.68. The summed E-state index contributed by atoms with van der Waals surface area (Å²) in [6, 6.07) is 0. The summed E-state index contributed by atoms with van der Waals surface area (Å²) in [5, 5.41) is 10.1. The average Bonchev–Trinajstić information content (AvgIpc) is 3.14. The lowest BCUT2D eigenvalue weighted by atomic mass is 10.2. The van der Waals surface area contributed by atoms with Crippen LogP contribution >= 0.6 is 23.5 Å². The van der Waals surface area contributed by atoms with E-state index in [4.69, 9.17) is 10.5 Å². The maximum Gasteiger partial charge on any atom is 0.278 e. The lowest BCUT2D eigenvalue weighted by molar-refractivity contribution is -0.339. The van der Waals surface area contributed by atoms with Crippen LogP contribution in [-0.2, 0) is 31.6 Å². The molecule has 168 valence electrons. The smallest absolute Gasteiger partial charge is 0.278 e. The highest BCUT2D eigenvalue weighted by molar-refractivity contribution is 7.64. The van der Waals surface area contributed by atoms with Gasteiger partial charge in [-0.25, -0.2) is 19.3 Å². The number of nitrogens with zero attached hydrogens (tertiary/aromatic N) is 4. The lowest BCUT2D eigenvalue weighted by Gasteiger charge is -2.37. The molecule has 0 bridgehead atoms. The first kappa shape index (κ1) is 23.3. The number of hydrogen-bond donors (Lipinski definition) is 2. The second-order valence-electron chi connectivity index (χ2n) is 5.82. The van der Waals surface area contributed by atoms with Gasteiger partial charge in [-0.05, 0) is 0 Å². The number of nitrogens with two attached hydrogens (primary N) is 1. The fraction of sp³-hybridized carbons (Fsp3) is 0.500. The Balaban J connectivity index is 1.64. The van der Waals surface area contributed by atoms with Crippen molar-refractivity contribution in [2.45, 2.75) is 24.9 Å². The molecule has 3 heterocycles. The molecule has 30 heavy (non-hydrogen) atoms. The SMILES string of the molecule is Nc1ncnc2c1ncn2[C@H]1C[C@H](O)[C@@H](COP(=O)([O-])OP(=O)([O-])OP(=O)([O-])[O-])O1. The average molecular weight is 487 g/mol. The molecule has 3 N–H and O–H groups in total. The van der Waals surface area contributed by atoms with Gasteiger partial charge in [0.05, 0.1) is 26.9 Å². The molecule has 0 radical (unpaired) electrons. The van der Waals surface area contributed by atoms with Crippen LogP contribution in [0.25, 0.3) is 11.2 Å². The van der Waals surface area contributed by atoms with E-state index in [-0.39, 0.29) is 23.4 Å². The molecular weight excluding hydrogens is 475 g/mol. The number of phosphoric acid groups is 3. The van der Waals surface area contributed by atoms with Crippen LogP contribution in [0.4, 0.5) is 5.82 Å². The molecule has 2 aromatic rings. The number of aliphatic hydroxyl groups excluding tert-OH is 1. The van der Waals surface area contributed by atoms with Crippen LogP contribution in [0.5, 0.6) is 0 Å². The number of fused-ring (bicyclic) bond motifs is 1. The molecule has 20 heteroatoms. The Bertz CT molecular complexity index is 1070. The quantitative estimate of drug-likeness (QED) is 0.348. The highest BCUT2D eigenvalue weighted by Crippen LogP contribution is 2.60. The number of phosphoric ester groups is 1. The maximum atomic E-state index is 11.6. The summed E-state index contributed by atoms with van der Waals surface area (Å²) in [7, 11) is -17.9. The van der Waals surface area contributed by atoms with Gasteiger partial charge in [-0.1, -0.05) is 0 Å². The summed E-state index contributed by atoms with van der Waals surface area (Å²) in [6.07, 6.45) is -0.946. The lowest BCUT2D eigenvalue weighted by Crippen LogP contribution is -2.27. The molecule has 0 amide bonds. The molecule has 1 fully saturated rings. The molecule has 1 saturated heterocycles. The fourth-order valence-electron chi connectivity index (χ4n) is 2.56. The van der Waals surface area contributed by atoms with Crippen LogP contribution in [-0.4, -0.2) is 43.4 Å². The van der Waals surface area contributed by atoms with Crippen molar-refractivity contribution >= 4 is 40.4 Å². The zero-order valence-corrected chi connectivity index (χ0v) is 17.1. The highest BCUT2D eigenvalue weighted by Gasteiger charge is 2.37. The molecule has 5 atom stereocenters. The zero-order chi connectivity index (χ0) is 22.3. The van der Waals surface area contributed by atoms with E-state index in [0.29, 0.717) is 0 Å². The molecule has 0 aromatic carbocycles. The third-order valence-corrected chi connectivity index (χ3v) is 7.36. The number of ether oxygens (including phenoxy) is 1. The van der Waals surface area contributed by atoms with E-state index in [0.717, 1.165) is 0 Å². The molecule has 0 aliphatic carbocycles. The summed E-state index contributed by atoms with van der Waals surface area (Å²) in [4.78, 5) is 55.1. The van der Waals surface area contributed by atoms with Crippen molar-refractivity contribution in [1.82, 2.24) is 19.5 Å². The van der Waals surface area contributed by atoms with Gasteiger partial charge in [-0.3, -0.25) is 18.0 Å². The minimum absolute atomic E-state index is 0.0495.